The van der Waals surface area contributed by atoms with Gasteiger partial charge in [-0.1, -0.05) is 35.9 Å². The maximum Gasteiger partial charge on any atom is 0.161 e. The monoisotopic (exact) mass is 284 g/mol. The van der Waals surface area contributed by atoms with E-state index in [2.05, 4.69) is 36.6 Å². The second kappa shape index (κ2) is 6.16. The van der Waals surface area contributed by atoms with Crippen molar-refractivity contribution in [3.8, 4) is 11.5 Å². The average molecular weight is 284 g/mol. The maximum atomic E-state index is 5.74. The Morgan fingerprint density at radius 2 is 1.90 bits per heavy atom. The number of hydrogen-bond donors (Lipinski definition) is 2. The first-order chi connectivity index (χ1) is 10.3. The molecule has 3 N–H and O–H groups in total. The Labute approximate surface area is 124 Å². The van der Waals surface area contributed by atoms with Crippen molar-refractivity contribution in [2.24, 2.45) is 5.84 Å². The highest BCUT2D eigenvalue weighted by Crippen LogP contribution is 2.33. The van der Waals surface area contributed by atoms with Gasteiger partial charge in [-0.15, -0.1) is 0 Å². The normalized spacial score (nSPS) is 14.8. The molecule has 3 rings (SSSR count). The summed E-state index contributed by atoms with van der Waals surface area (Å²) in [5.41, 5.74) is 6.51. The number of ether oxygens (including phenoxy) is 2. The van der Waals surface area contributed by atoms with Crippen LogP contribution in [0.2, 0.25) is 0 Å². The average Bonchev–Trinajstić information content (AvgIpc) is 2.52. The van der Waals surface area contributed by atoms with Crippen molar-refractivity contribution in [3.63, 3.8) is 0 Å². The molecule has 1 unspecified atom stereocenters. The number of nitrogens with one attached hydrogen (secondary N) is 1. The van der Waals surface area contributed by atoms with Gasteiger partial charge in [-0.05, 0) is 36.6 Å². The zero-order chi connectivity index (χ0) is 14.7. The molecule has 0 saturated heterocycles. The number of fused-ring (bicyclic) bond motifs is 1. The van der Waals surface area contributed by atoms with Crippen LogP contribution >= 0.6 is 0 Å². The molecule has 0 aliphatic carbocycles. The molecule has 1 atom stereocenters. The van der Waals surface area contributed by atoms with Crippen molar-refractivity contribution in [2.75, 3.05) is 13.2 Å². The number of nitrogens with two attached hydrogens (primary N) is 1. The van der Waals surface area contributed by atoms with Crippen LogP contribution in [0.25, 0.3) is 0 Å². The molecule has 1 aliphatic rings. The molecule has 0 spiro atoms. The summed E-state index contributed by atoms with van der Waals surface area (Å²) < 4.78 is 11.2. The lowest BCUT2D eigenvalue weighted by Crippen LogP contribution is -2.29. The maximum absolute atomic E-state index is 5.74. The molecule has 0 fully saturated rings. The van der Waals surface area contributed by atoms with E-state index in [9.17, 15) is 0 Å². The van der Waals surface area contributed by atoms with Gasteiger partial charge in [0.05, 0.1) is 6.04 Å². The van der Waals surface area contributed by atoms with Crippen LogP contribution in [0.5, 0.6) is 11.5 Å². The molecular formula is C17H20N2O2. The smallest absolute Gasteiger partial charge is 0.161 e. The SMILES string of the molecule is Cc1cccc(CC(NN)c2ccc3c(c2)OCCO3)c1. The van der Waals surface area contributed by atoms with E-state index in [0.29, 0.717) is 13.2 Å². The van der Waals surface area contributed by atoms with E-state index in [1.807, 2.05) is 18.2 Å². The molecule has 0 amide bonds. The van der Waals surface area contributed by atoms with E-state index in [-0.39, 0.29) is 6.04 Å². The molecule has 21 heavy (non-hydrogen) atoms. The molecule has 110 valence electrons. The number of aryl methyl sites for hydroxylation is 1. The topological polar surface area (TPSA) is 56.5 Å². The molecule has 0 aromatic heterocycles. The second-order valence-electron chi connectivity index (χ2n) is 5.32. The van der Waals surface area contributed by atoms with Crippen LogP contribution in [-0.4, -0.2) is 13.2 Å². The lowest BCUT2D eigenvalue weighted by Gasteiger charge is -2.22. The fourth-order valence-electron chi connectivity index (χ4n) is 2.62. The number of hydrogen-bond acceptors (Lipinski definition) is 4. The summed E-state index contributed by atoms with van der Waals surface area (Å²) in [5.74, 6) is 7.34. The summed E-state index contributed by atoms with van der Waals surface area (Å²) in [5, 5.41) is 0. The van der Waals surface area contributed by atoms with E-state index >= 15 is 0 Å². The number of benzene rings is 2. The van der Waals surface area contributed by atoms with Crippen LogP contribution in [0.15, 0.2) is 42.5 Å². The van der Waals surface area contributed by atoms with Crippen LogP contribution in [0.3, 0.4) is 0 Å². The molecule has 0 bridgehead atoms. The van der Waals surface area contributed by atoms with Gasteiger partial charge in [0.1, 0.15) is 13.2 Å². The van der Waals surface area contributed by atoms with Gasteiger partial charge in [-0.25, -0.2) is 0 Å². The first-order valence-electron chi connectivity index (χ1n) is 7.17. The lowest BCUT2D eigenvalue weighted by molar-refractivity contribution is 0.171. The number of rotatable bonds is 4. The van der Waals surface area contributed by atoms with Crippen molar-refractivity contribution in [1.29, 1.82) is 0 Å². The van der Waals surface area contributed by atoms with Crippen molar-refractivity contribution in [2.45, 2.75) is 19.4 Å². The van der Waals surface area contributed by atoms with Gasteiger partial charge in [-0.3, -0.25) is 11.3 Å². The zero-order valence-electron chi connectivity index (χ0n) is 12.1. The van der Waals surface area contributed by atoms with E-state index in [4.69, 9.17) is 15.3 Å². The van der Waals surface area contributed by atoms with Gasteiger partial charge in [-0.2, -0.15) is 0 Å². The van der Waals surface area contributed by atoms with Crippen LogP contribution < -0.4 is 20.7 Å². The molecule has 1 aliphatic heterocycles. The Morgan fingerprint density at radius 3 is 2.67 bits per heavy atom. The third-order valence-corrected chi connectivity index (χ3v) is 3.69. The third kappa shape index (κ3) is 3.17. The Bertz CT molecular complexity index is 628. The summed E-state index contributed by atoms with van der Waals surface area (Å²) in [7, 11) is 0. The van der Waals surface area contributed by atoms with Crippen LogP contribution in [0, 0.1) is 6.92 Å². The van der Waals surface area contributed by atoms with Crippen LogP contribution in [0.1, 0.15) is 22.7 Å². The van der Waals surface area contributed by atoms with E-state index in [1.54, 1.807) is 0 Å². The molecule has 2 aromatic rings. The van der Waals surface area contributed by atoms with Crippen molar-refractivity contribution < 1.29 is 9.47 Å². The van der Waals surface area contributed by atoms with Gasteiger partial charge in [0, 0.05) is 0 Å². The van der Waals surface area contributed by atoms with Crippen LogP contribution in [0.4, 0.5) is 0 Å². The molecule has 4 nitrogen and oxygen atoms in total. The van der Waals surface area contributed by atoms with Gasteiger partial charge < -0.3 is 9.47 Å². The molecule has 0 radical (unpaired) electrons. The Balaban J connectivity index is 1.82. The minimum atomic E-state index is 0.0441. The van der Waals surface area contributed by atoms with E-state index in [1.165, 1.54) is 11.1 Å². The Morgan fingerprint density at radius 1 is 1.10 bits per heavy atom. The van der Waals surface area contributed by atoms with E-state index < -0.39 is 0 Å². The van der Waals surface area contributed by atoms with Gasteiger partial charge >= 0.3 is 0 Å². The lowest BCUT2D eigenvalue weighted by atomic mass is 9.98. The van der Waals surface area contributed by atoms with Gasteiger partial charge in [0.25, 0.3) is 0 Å². The highest BCUT2D eigenvalue weighted by molar-refractivity contribution is 5.45. The fraction of sp³-hybridized carbons (Fsp3) is 0.294. The van der Waals surface area contributed by atoms with Crippen molar-refractivity contribution in [1.82, 2.24) is 5.43 Å². The second-order valence-corrected chi connectivity index (χ2v) is 5.32. The summed E-state index contributed by atoms with van der Waals surface area (Å²) >= 11 is 0. The van der Waals surface area contributed by atoms with E-state index in [0.717, 1.165) is 23.5 Å². The molecule has 1 heterocycles. The first-order valence-corrected chi connectivity index (χ1v) is 7.17. The Hall–Kier alpha value is -2.04. The third-order valence-electron chi connectivity index (χ3n) is 3.69. The molecule has 4 heteroatoms. The van der Waals surface area contributed by atoms with Crippen molar-refractivity contribution >= 4 is 0 Å². The largest absolute Gasteiger partial charge is 0.486 e. The first kappa shape index (κ1) is 13.9. The molecule has 2 aromatic carbocycles. The summed E-state index contributed by atoms with van der Waals surface area (Å²) in [6.45, 7) is 3.29. The fourth-order valence-corrected chi connectivity index (χ4v) is 2.62. The highest BCUT2D eigenvalue weighted by atomic mass is 16.6. The standard InChI is InChI=1S/C17H20N2O2/c1-12-3-2-4-13(9-12)10-15(19-18)14-5-6-16-17(11-14)21-8-7-20-16/h2-6,9,11,15,19H,7-8,10,18H2,1H3. The number of hydrazine groups is 1. The minimum Gasteiger partial charge on any atom is -0.486 e. The highest BCUT2D eigenvalue weighted by Gasteiger charge is 2.16. The van der Waals surface area contributed by atoms with Gasteiger partial charge in [0.15, 0.2) is 11.5 Å². The van der Waals surface area contributed by atoms with Crippen molar-refractivity contribution in [3.05, 3.63) is 59.2 Å². The summed E-state index contributed by atoms with van der Waals surface area (Å²) in [6, 6.07) is 14.5. The predicted octanol–water partition coefficient (Wildman–Crippen LogP) is 2.51. The summed E-state index contributed by atoms with van der Waals surface area (Å²) in [4.78, 5) is 0. The Kier molecular flexibility index (Phi) is 4.08. The minimum absolute atomic E-state index is 0.0441. The quantitative estimate of drug-likeness (QED) is 0.669. The van der Waals surface area contributed by atoms with Crippen LogP contribution in [-0.2, 0) is 6.42 Å². The summed E-state index contributed by atoms with van der Waals surface area (Å²) in [6.07, 6.45) is 0.831. The predicted molar refractivity (Wildman–Crippen MR) is 82.4 cm³/mol. The van der Waals surface area contributed by atoms with Gasteiger partial charge in [0.2, 0.25) is 0 Å². The zero-order valence-corrected chi connectivity index (χ0v) is 12.1. The molecular weight excluding hydrogens is 264 g/mol. The molecule has 0 saturated carbocycles.